The van der Waals surface area contributed by atoms with E-state index in [4.69, 9.17) is 37.4 Å². The Morgan fingerprint density at radius 1 is 0.920 bits per heavy atom. The van der Waals surface area contributed by atoms with Crippen molar-refractivity contribution >= 4 is 47.0 Å². The lowest BCUT2D eigenvalue weighted by molar-refractivity contribution is -0.190. The zero-order chi connectivity index (χ0) is 34.0. The number of ether oxygens (including phenoxy) is 3. The number of piperazine rings is 1. The summed E-state index contributed by atoms with van der Waals surface area (Å²) < 4.78 is 23.7. The van der Waals surface area contributed by atoms with Gasteiger partial charge in [0.05, 0.1) is 23.4 Å². The molecular formula is C35H39Cl3N8O4. The van der Waals surface area contributed by atoms with E-state index in [-0.39, 0.29) is 36.8 Å². The number of halogens is 3. The van der Waals surface area contributed by atoms with E-state index in [1.54, 1.807) is 34.0 Å². The predicted octanol–water partition coefficient (Wildman–Crippen LogP) is 6.00. The van der Waals surface area contributed by atoms with Crippen LogP contribution in [0.5, 0.6) is 5.75 Å². The van der Waals surface area contributed by atoms with Gasteiger partial charge >= 0.3 is 5.69 Å². The lowest BCUT2D eigenvalue weighted by Gasteiger charge is -2.37. The number of anilines is 2. The topological polar surface area (TPSA) is 105 Å². The van der Waals surface area contributed by atoms with Gasteiger partial charge in [-0.3, -0.25) is 0 Å². The minimum atomic E-state index is -1.16. The fourth-order valence-electron chi connectivity index (χ4n) is 6.24. The zero-order valence-corrected chi connectivity index (χ0v) is 30.1. The zero-order valence-electron chi connectivity index (χ0n) is 27.8. The molecule has 7 rings (SSSR count). The minimum Gasteiger partial charge on any atom is -0.491 e. The first-order valence-electron chi connectivity index (χ1n) is 16.4. The number of aromatic nitrogens is 6. The second kappa shape index (κ2) is 15.4. The smallest absolute Gasteiger partial charge is 0.350 e. The van der Waals surface area contributed by atoms with Gasteiger partial charge in [0.25, 0.3) is 0 Å². The van der Waals surface area contributed by atoms with E-state index < -0.39 is 5.79 Å². The van der Waals surface area contributed by atoms with Crippen molar-refractivity contribution in [3.05, 3.63) is 112 Å². The normalized spacial score (nSPS) is 19.7. The molecule has 15 heteroatoms. The molecule has 50 heavy (non-hydrogen) atoms. The third-order valence-corrected chi connectivity index (χ3v) is 9.70. The third kappa shape index (κ3) is 7.50. The maximum absolute atomic E-state index is 12.8. The van der Waals surface area contributed by atoms with Crippen molar-refractivity contribution in [2.75, 3.05) is 49.2 Å². The summed E-state index contributed by atoms with van der Waals surface area (Å²) in [6.07, 6.45) is 5.19. The van der Waals surface area contributed by atoms with Crippen LogP contribution in [0.15, 0.2) is 90.5 Å². The van der Waals surface area contributed by atoms with Crippen molar-refractivity contribution < 1.29 is 14.2 Å². The molecule has 0 radical (unpaired) electrons. The molecule has 2 aromatic heterocycles. The Bertz CT molecular complexity index is 1910. The largest absolute Gasteiger partial charge is 0.491 e. The second-order valence-corrected chi connectivity index (χ2v) is 13.1. The molecule has 0 amide bonds. The lowest BCUT2D eigenvalue weighted by atomic mass is 10.1. The predicted molar refractivity (Wildman–Crippen MR) is 195 cm³/mol. The van der Waals surface area contributed by atoms with Crippen LogP contribution >= 0.6 is 35.6 Å². The maximum Gasteiger partial charge on any atom is 0.350 e. The highest BCUT2D eigenvalue weighted by molar-refractivity contribution is 6.35. The monoisotopic (exact) mass is 740 g/mol. The van der Waals surface area contributed by atoms with E-state index in [1.165, 1.54) is 11.0 Å². The summed E-state index contributed by atoms with van der Waals surface area (Å²) in [6, 6.07) is 21.6. The van der Waals surface area contributed by atoms with E-state index in [2.05, 4.69) is 49.2 Å². The van der Waals surface area contributed by atoms with E-state index in [9.17, 15) is 4.79 Å². The van der Waals surface area contributed by atoms with Crippen LogP contribution in [0.25, 0.3) is 5.69 Å². The van der Waals surface area contributed by atoms with Crippen molar-refractivity contribution in [1.82, 2.24) is 29.1 Å². The number of rotatable bonds is 11. The first kappa shape index (κ1) is 35.7. The Hall–Kier alpha value is -4.07. The quantitative estimate of drug-likeness (QED) is 0.161. The fourth-order valence-corrected chi connectivity index (χ4v) is 6.79. The van der Waals surface area contributed by atoms with Crippen LogP contribution in [0.4, 0.5) is 11.4 Å². The van der Waals surface area contributed by atoms with Crippen LogP contribution < -0.4 is 20.2 Å². The standard InChI is InChI=1S/C35H38Cl2N8O4.ClH/c1-3-25(2)45-34(46)44(24-40-45)29-7-5-27(6-8-29)41-14-16-42(17-15-41)28-9-11-30(12-10-28)47-19-31-20-48-35(49-31,21-43-23-38-22-39-43)32-13-4-26(36)18-33(32)37;/h4-13,18,22-25,31H,3,14-17,19-21H2,1-2H3;1H/t25?,31-,35-;/m1./s1. The summed E-state index contributed by atoms with van der Waals surface area (Å²) in [7, 11) is 0. The van der Waals surface area contributed by atoms with Gasteiger partial charge in [-0.05, 0) is 74.0 Å². The van der Waals surface area contributed by atoms with E-state index in [0.717, 1.165) is 55.4 Å². The van der Waals surface area contributed by atoms with Gasteiger partial charge in [0, 0.05) is 48.1 Å². The summed E-state index contributed by atoms with van der Waals surface area (Å²) in [5.74, 6) is -0.410. The SMILES string of the molecule is CCC(C)n1ncn(-c2ccc(N3CCN(c4ccc(OC[C@@H]5CO[C@@](Cn6cncn6)(c6ccc(Cl)cc6Cl)O5)cc4)CC3)cc2)c1=O.Cl. The third-order valence-electron chi connectivity index (χ3n) is 9.15. The summed E-state index contributed by atoms with van der Waals surface area (Å²) in [5.41, 5.74) is 3.64. The number of benzene rings is 3. The van der Waals surface area contributed by atoms with Gasteiger partial charge in [0.15, 0.2) is 0 Å². The van der Waals surface area contributed by atoms with Crippen LogP contribution in [0.1, 0.15) is 31.9 Å². The van der Waals surface area contributed by atoms with Crippen LogP contribution in [-0.4, -0.2) is 74.6 Å². The molecule has 2 fully saturated rings. The van der Waals surface area contributed by atoms with Crippen LogP contribution in [0, 0.1) is 0 Å². The maximum atomic E-state index is 12.8. The van der Waals surface area contributed by atoms with Gasteiger partial charge < -0.3 is 24.0 Å². The van der Waals surface area contributed by atoms with Crippen molar-refractivity contribution in [3.63, 3.8) is 0 Å². The molecule has 264 valence electrons. The first-order valence-corrected chi connectivity index (χ1v) is 17.2. The Labute approximate surface area is 306 Å². The molecule has 0 spiro atoms. The highest BCUT2D eigenvalue weighted by atomic mass is 35.5. The van der Waals surface area contributed by atoms with Gasteiger partial charge in [-0.1, -0.05) is 36.2 Å². The van der Waals surface area contributed by atoms with E-state index in [1.807, 2.05) is 44.2 Å². The number of hydrogen-bond donors (Lipinski definition) is 0. The molecule has 4 heterocycles. The highest BCUT2D eigenvalue weighted by Crippen LogP contribution is 2.40. The Kier molecular flexibility index (Phi) is 11.0. The molecule has 2 saturated heterocycles. The van der Waals surface area contributed by atoms with Gasteiger partial charge in [0.1, 0.15) is 44.0 Å². The Morgan fingerprint density at radius 3 is 2.20 bits per heavy atom. The van der Waals surface area contributed by atoms with E-state index in [0.29, 0.717) is 28.8 Å². The highest BCUT2D eigenvalue weighted by Gasteiger charge is 2.45. The lowest BCUT2D eigenvalue weighted by Crippen LogP contribution is -2.46. The molecule has 0 N–H and O–H groups in total. The molecular weight excluding hydrogens is 703 g/mol. The average molecular weight is 742 g/mol. The van der Waals surface area contributed by atoms with Crippen molar-refractivity contribution in [1.29, 1.82) is 0 Å². The Morgan fingerprint density at radius 2 is 1.58 bits per heavy atom. The van der Waals surface area contributed by atoms with Gasteiger partial charge in [-0.2, -0.15) is 10.2 Å². The van der Waals surface area contributed by atoms with Gasteiger partial charge in [-0.15, -0.1) is 12.4 Å². The van der Waals surface area contributed by atoms with Gasteiger partial charge in [-0.25, -0.2) is 23.7 Å². The van der Waals surface area contributed by atoms with Crippen LogP contribution in [0.3, 0.4) is 0 Å². The molecule has 3 atom stereocenters. The first-order chi connectivity index (χ1) is 23.8. The summed E-state index contributed by atoms with van der Waals surface area (Å²) in [5, 5.41) is 9.50. The molecule has 0 bridgehead atoms. The van der Waals surface area contributed by atoms with Crippen molar-refractivity contribution in [2.24, 2.45) is 0 Å². The minimum absolute atomic E-state index is 0. The second-order valence-electron chi connectivity index (χ2n) is 12.3. The molecule has 2 aliphatic rings. The van der Waals surface area contributed by atoms with Crippen molar-refractivity contribution in [2.45, 2.75) is 44.7 Å². The molecule has 5 aromatic rings. The molecule has 0 saturated carbocycles. The average Bonchev–Trinajstić information content (AvgIpc) is 3.88. The molecule has 3 aromatic carbocycles. The molecule has 2 aliphatic heterocycles. The summed E-state index contributed by atoms with van der Waals surface area (Å²) >= 11 is 12.7. The van der Waals surface area contributed by atoms with Crippen LogP contribution in [-0.2, 0) is 21.8 Å². The molecule has 0 aliphatic carbocycles. The van der Waals surface area contributed by atoms with Crippen molar-refractivity contribution in [3.8, 4) is 11.4 Å². The van der Waals surface area contributed by atoms with Crippen LogP contribution in [0.2, 0.25) is 10.0 Å². The Balaban J connectivity index is 0.00000432. The summed E-state index contributed by atoms with van der Waals surface area (Å²) in [6.45, 7) is 8.48. The molecule has 1 unspecified atom stereocenters. The number of nitrogens with zero attached hydrogens (tertiary/aromatic N) is 8. The van der Waals surface area contributed by atoms with E-state index >= 15 is 0 Å². The number of hydrogen-bond acceptors (Lipinski definition) is 9. The molecule has 12 nitrogen and oxygen atoms in total. The van der Waals surface area contributed by atoms with Gasteiger partial charge in [0.2, 0.25) is 5.79 Å². The fraction of sp³-hybridized carbons (Fsp3) is 0.371. The summed E-state index contributed by atoms with van der Waals surface area (Å²) in [4.78, 5) is 21.6.